The number of benzene rings is 3. The van der Waals surface area contributed by atoms with Crippen molar-refractivity contribution in [3.8, 4) is 5.75 Å². The second kappa shape index (κ2) is 14.3. The summed E-state index contributed by atoms with van der Waals surface area (Å²) in [7, 11) is -0.150. The Labute approximate surface area is 293 Å². The molecule has 0 aliphatic carbocycles. The minimum Gasteiger partial charge on any atom is -0.497 e. The van der Waals surface area contributed by atoms with Crippen molar-refractivity contribution in [3.63, 3.8) is 0 Å². The molecule has 3 heterocycles. The second-order valence-electron chi connectivity index (χ2n) is 13.2. The van der Waals surface area contributed by atoms with E-state index in [-0.39, 0.29) is 22.9 Å². The number of hydrogen-bond acceptors (Lipinski definition) is 8. The van der Waals surface area contributed by atoms with Gasteiger partial charge in [-0.15, -0.1) is 0 Å². The minimum absolute atomic E-state index is 0.104. The number of fused-ring (bicyclic) bond motifs is 1. The first-order valence-electron chi connectivity index (χ1n) is 16.3. The van der Waals surface area contributed by atoms with Crippen molar-refractivity contribution in [3.05, 3.63) is 125 Å². The van der Waals surface area contributed by atoms with Crippen molar-refractivity contribution in [2.45, 2.75) is 56.9 Å². The van der Waals surface area contributed by atoms with Gasteiger partial charge in [-0.1, -0.05) is 72.8 Å². The van der Waals surface area contributed by atoms with Crippen molar-refractivity contribution in [2.75, 3.05) is 19.4 Å². The van der Waals surface area contributed by atoms with E-state index in [9.17, 15) is 23.4 Å². The number of carbonyl (C=O) groups excluding carboxylic acids is 4. The lowest BCUT2D eigenvalue weighted by Gasteiger charge is -2.49. The molecule has 3 aliphatic rings. The summed E-state index contributed by atoms with van der Waals surface area (Å²) < 4.78 is 30.5. The molecular weight excluding hydrogens is 658 g/mol. The predicted molar refractivity (Wildman–Crippen MR) is 186 cm³/mol. The fraction of sp³-hybridized carbons (Fsp3) is 0.316. The molecule has 3 aromatic carbocycles. The zero-order valence-corrected chi connectivity index (χ0v) is 29.1. The Kier molecular flexibility index (Phi) is 9.92. The average molecular weight is 698 g/mol. The number of rotatable bonds is 9. The van der Waals surface area contributed by atoms with Gasteiger partial charge in [-0.3, -0.25) is 18.7 Å². The third kappa shape index (κ3) is 7.35. The van der Waals surface area contributed by atoms with E-state index in [0.717, 1.165) is 10.5 Å². The lowest BCUT2D eigenvalue weighted by Crippen LogP contribution is -2.73. The van der Waals surface area contributed by atoms with Gasteiger partial charge in [-0.2, -0.15) is 0 Å². The van der Waals surface area contributed by atoms with Gasteiger partial charge in [0, 0.05) is 18.7 Å². The monoisotopic (exact) mass is 697 g/mol. The topological polar surface area (TPSA) is 132 Å². The summed E-state index contributed by atoms with van der Waals surface area (Å²) >= 11 is 0. The summed E-state index contributed by atoms with van der Waals surface area (Å²) in [6.45, 7) is 5.89. The highest BCUT2D eigenvalue weighted by atomic mass is 32.2. The molecule has 0 spiro atoms. The number of carbonyl (C=O) groups is 4. The van der Waals surface area contributed by atoms with Crippen LogP contribution in [-0.2, 0) is 41.2 Å². The summed E-state index contributed by atoms with van der Waals surface area (Å²) in [5, 5.41) is 1.50. The fourth-order valence-electron chi connectivity index (χ4n) is 6.20. The molecule has 0 radical (unpaired) electrons. The normalized spacial score (nSPS) is 21.2. The highest BCUT2D eigenvalue weighted by Gasteiger charge is 2.58. The number of amides is 3. The van der Waals surface area contributed by atoms with Crippen molar-refractivity contribution in [1.29, 1.82) is 0 Å². The third-order valence-electron chi connectivity index (χ3n) is 8.54. The van der Waals surface area contributed by atoms with Gasteiger partial charge in [0.15, 0.2) is 6.10 Å². The van der Waals surface area contributed by atoms with Crippen LogP contribution in [0.1, 0.15) is 50.0 Å². The first kappa shape index (κ1) is 34.6. The van der Waals surface area contributed by atoms with E-state index in [1.54, 1.807) is 38.9 Å². The molecule has 11 nitrogen and oxygen atoms in total. The fourth-order valence-corrected chi connectivity index (χ4v) is 7.83. The van der Waals surface area contributed by atoms with Gasteiger partial charge in [0.2, 0.25) is 5.91 Å². The zero-order valence-electron chi connectivity index (χ0n) is 28.3. The van der Waals surface area contributed by atoms with Crippen molar-refractivity contribution >= 4 is 34.7 Å². The number of likely N-dealkylation sites (tertiary alicyclic amines) is 1. The number of hydrogen-bond donors (Lipinski definition) is 1. The van der Waals surface area contributed by atoms with Gasteiger partial charge in [-0.05, 0) is 67.7 Å². The van der Waals surface area contributed by atoms with Crippen LogP contribution in [0.25, 0.3) is 0 Å². The van der Waals surface area contributed by atoms with Crippen LogP contribution >= 0.6 is 0 Å². The van der Waals surface area contributed by atoms with Crippen LogP contribution in [0.3, 0.4) is 0 Å². The molecule has 3 aromatic rings. The van der Waals surface area contributed by atoms with Crippen molar-refractivity contribution in [1.82, 2.24) is 15.1 Å². The Bertz CT molecular complexity index is 1830. The smallest absolute Gasteiger partial charge is 0.408 e. The molecule has 0 bridgehead atoms. The van der Waals surface area contributed by atoms with E-state index in [1.807, 2.05) is 84.9 Å². The van der Waals surface area contributed by atoms with Crippen LogP contribution in [0.4, 0.5) is 4.79 Å². The Morgan fingerprint density at radius 3 is 2.16 bits per heavy atom. The van der Waals surface area contributed by atoms with E-state index >= 15 is 0 Å². The molecule has 6 rings (SSSR count). The number of β-lactam (4-membered cyclic amide) rings is 1. The van der Waals surface area contributed by atoms with Crippen LogP contribution in [0.2, 0.25) is 0 Å². The quantitative estimate of drug-likeness (QED) is 0.192. The maximum absolute atomic E-state index is 14.3. The molecule has 260 valence electrons. The molecular formula is C38H39N3O8S. The molecule has 2 saturated heterocycles. The van der Waals surface area contributed by atoms with E-state index in [1.165, 1.54) is 0 Å². The standard InChI is InChI=1S/C38H39N3O8S/c1-38(2,3)49-37(45)39-30-34(43)41-31(36(44)48-32(25-11-7-5-8-12-25)26-13-9-6-10-14-26)28(23-50(46)35(30)41)21-27-19-20-40(33(27)42)22-24-15-17-29(47-4)18-16-24/h5-18,21,30,32,35H,19-20,22-23H2,1-4H3,(H,39,45)/b27-21+. The molecule has 0 saturated carbocycles. The number of esters is 1. The van der Waals surface area contributed by atoms with Crippen LogP contribution in [0.5, 0.6) is 5.75 Å². The van der Waals surface area contributed by atoms with E-state index in [4.69, 9.17) is 14.2 Å². The predicted octanol–water partition coefficient (Wildman–Crippen LogP) is 4.76. The number of nitrogens with one attached hydrogen (secondary N) is 1. The van der Waals surface area contributed by atoms with Crippen LogP contribution in [0, 0.1) is 0 Å². The molecule has 0 aromatic heterocycles. The van der Waals surface area contributed by atoms with Gasteiger partial charge < -0.3 is 24.4 Å². The molecule has 12 heteroatoms. The number of nitrogens with zero attached hydrogens (tertiary/aromatic N) is 2. The van der Waals surface area contributed by atoms with Crippen molar-refractivity contribution < 1.29 is 37.6 Å². The number of methoxy groups -OCH3 is 1. The minimum atomic E-state index is -1.74. The van der Waals surface area contributed by atoms with E-state index in [2.05, 4.69) is 5.32 Å². The van der Waals surface area contributed by atoms with E-state index < -0.39 is 51.9 Å². The zero-order chi connectivity index (χ0) is 35.6. The largest absolute Gasteiger partial charge is 0.497 e. The lowest BCUT2D eigenvalue weighted by molar-refractivity contribution is -0.153. The number of allylic oxidation sites excluding steroid dienone is 1. The average Bonchev–Trinajstić information content (AvgIpc) is 3.43. The Balaban J connectivity index is 1.34. The molecule has 3 atom stereocenters. The third-order valence-corrected chi connectivity index (χ3v) is 10.2. The molecule has 3 unspecified atom stereocenters. The maximum Gasteiger partial charge on any atom is 0.408 e. The Morgan fingerprint density at radius 1 is 0.960 bits per heavy atom. The van der Waals surface area contributed by atoms with Gasteiger partial charge >= 0.3 is 12.1 Å². The number of alkyl carbamates (subject to hydrolysis) is 1. The Morgan fingerprint density at radius 2 is 1.58 bits per heavy atom. The molecule has 3 aliphatic heterocycles. The van der Waals surface area contributed by atoms with Crippen molar-refractivity contribution in [2.24, 2.45) is 0 Å². The van der Waals surface area contributed by atoms with Gasteiger partial charge in [0.25, 0.3) is 5.91 Å². The number of ether oxygens (including phenoxy) is 3. The Hall–Kier alpha value is -5.23. The van der Waals surface area contributed by atoms with Crippen LogP contribution in [0.15, 0.2) is 108 Å². The summed E-state index contributed by atoms with van der Waals surface area (Å²) in [6, 6.07) is 24.7. The van der Waals surface area contributed by atoms with E-state index in [0.29, 0.717) is 42.0 Å². The van der Waals surface area contributed by atoms with Crippen LogP contribution < -0.4 is 10.1 Å². The van der Waals surface area contributed by atoms with Gasteiger partial charge in [0.05, 0.1) is 23.7 Å². The summed E-state index contributed by atoms with van der Waals surface area (Å²) in [5.74, 6) is -1.10. The SMILES string of the molecule is COc1ccc(CN2CC/C(=C\C3=C(C(=O)OC(c4ccccc4)c4ccccc4)N4C(=O)C(NC(=O)OC(C)(C)C)C4S(=O)C3)C2=O)cc1. The first-order chi connectivity index (χ1) is 23.9. The highest BCUT2D eigenvalue weighted by molar-refractivity contribution is 7.86. The summed E-state index contributed by atoms with van der Waals surface area (Å²) in [6.07, 6.45) is 0.306. The molecule has 1 N–H and O–H groups in total. The van der Waals surface area contributed by atoms with Crippen LogP contribution in [-0.4, -0.2) is 74.3 Å². The van der Waals surface area contributed by atoms with Gasteiger partial charge in [0.1, 0.15) is 28.5 Å². The lowest BCUT2D eigenvalue weighted by atomic mass is 10.00. The second-order valence-corrected chi connectivity index (χ2v) is 14.8. The summed E-state index contributed by atoms with van der Waals surface area (Å²) in [4.78, 5) is 57.1. The first-order valence-corrected chi connectivity index (χ1v) is 17.7. The molecule has 3 amide bonds. The maximum atomic E-state index is 14.3. The molecule has 50 heavy (non-hydrogen) atoms. The summed E-state index contributed by atoms with van der Waals surface area (Å²) in [5.41, 5.74) is 2.10. The van der Waals surface area contributed by atoms with Gasteiger partial charge in [-0.25, -0.2) is 9.59 Å². The molecule has 2 fully saturated rings. The highest BCUT2D eigenvalue weighted by Crippen LogP contribution is 2.38.